The lowest BCUT2D eigenvalue weighted by Crippen LogP contribution is -2.30. The van der Waals surface area contributed by atoms with Gasteiger partial charge in [-0.15, -0.1) is 0 Å². The van der Waals surface area contributed by atoms with Crippen molar-refractivity contribution in [1.82, 2.24) is 5.32 Å². The van der Waals surface area contributed by atoms with Gasteiger partial charge in [0.2, 0.25) is 0 Å². The third kappa shape index (κ3) is 7.36. The van der Waals surface area contributed by atoms with Gasteiger partial charge >= 0.3 is 0 Å². The van der Waals surface area contributed by atoms with Crippen LogP contribution < -0.4 is 20.1 Å². The summed E-state index contributed by atoms with van der Waals surface area (Å²) in [5.41, 5.74) is 1.85. The van der Waals surface area contributed by atoms with E-state index >= 15 is 0 Å². The number of ether oxygens (including phenoxy) is 3. The van der Waals surface area contributed by atoms with Crippen molar-refractivity contribution in [2.75, 3.05) is 38.3 Å². The molecule has 0 atom stereocenters. The van der Waals surface area contributed by atoms with E-state index in [1.807, 2.05) is 32.9 Å². The number of thiocarbonyl (C=S) groups is 1. The number of aryl methyl sites for hydroxylation is 1. The highest BCUT2D eigenvalue weighted by Gasteiger charge is 2.10. The minimum Gasteiger partial charge on any atom is -0.494 e. The van der Waals surface area contributed by atoms with Crippen LogP contribution in [0.25, 0.3) is 0 Å². The van der Waals surface area contributed by atoms with Crippen LogP contribution in [0.15, 0.2) is 12.1 Å². The number of anilines is 1. The number of benzene rings is 1. The van der Waals surface area contributed by atoms with Gasteiger partial charge in [-0.25, -0.2) is 0 Å². The van der Waals surface area contributed by atoms with Crippen molar-refractivity contribution in [2.24, 2.45) is 0 Å². The zero-order valence-corrected chi connectivity index (χ0v) is 16.1. The second-order valence-electron chi connectivity index (χ2n) is 5.33. The molecule has 0 saturated carbocycles. The van der Waals surface area contributed by atoms with E-state index in [-0.39, 0.29) is 0 Å². The molecule has 24 heavy (non-hydrogen) atoms. The molecule has 0 aliphatic carbocycles. The van der Waals surface area contributed by atoms with E-state index in [0.717, 1.165) is 55.4 Å². The summed E-state index contributed by atoms with van der Waals surface area (Å²) in [5.74, 6) is 1.60. The molecule has 0 aliphatic heterocycles. The first-order valence-corrected chi connectivity index (χ1v) is 9.05. The third-order valence-electron chi connectivity index (χ3n) is 3.22. The fourth-order valence-corrected chi connectivity index (χ4v) is 2.35. The SMILES string of the molecule is CCCOCCCNC(=S)Nc1cc(OCC)c(C)cc1OCC. The van der Waals surface area contributed by atoms with Crippen LogP contribution in [-0.2, 0) is 4.74 Å². The van der Waals surface area contributed by atoms with Crippen LogP contribution in [0.5, 0.6) is 11.5 Å². The Morgan fingerprint density at radius 3 is 2.42 bits per heavy atom. The summed E-state index contributed by atoms with van der Waals surface area (Å²) >= 11 is 5.36. The highest BCUT2D eigenvalue weighted by molar-refractivity contribution is 7.80. The van der Waals surface area contributed by atoms with E-state index in [2.05, 4.69) is 17.6 Å². The molecular weight excluding hydrogens is 324 g/mol. The summed E-state index contributed by atoms with van der Waals surface area (Å²) in [4.78, 5) is 0. The molecule has 136 valence electrons. The molecule has 0 bridgehead atoms. The smallest absolute Gasteiger partial charge is 0.170 e. The summed E-state index contributed by atoms with van der Waals surface area (Å²) in [6.45, 7) is 11.6. The zero-order chi connectivity index (χ0) is 17.8. The van der Waals surface area contributed by atoms with Crippen molar-refractivity contribution in [3.63, 3.8) is 0 Å². The molecule has 0 aliphatic rings. The van der Waals surface area contributed by atoms with Crippen LogP contribution in [0.4, 0.5) is 5.69 Å². The number of hydrogen-bond acceptors (Lipinski definition) is 4. The minimum atomic E-state index is 0.567. The first-order valence-electron chi connectivity index (χ1n) is 8.65. The van der Waals surface area contributed by atoms with Gasteiger partial charge in [0.05, 0.1) is 18.9 Å². The lowest BCUT2D eigenvalue weighted by atomic mass is 10.2. The van der Waals surface area contributed by atoms with E-state index in [9.17, 15) is 0 Å². The Morgan fingerprint density at radius 2 is 1.75 bits per heavy atom. The maximum Gasteiger partial charge on any atom is 0.170 e. The second kappa shape index (κ2) is 11.9. The molecule has 0 unspecified atom stereocenters. The van der Waals surface area contributed by atoms with Crippen LogP contribution in [0.3, 0.4) is 0 Å². The summed E-state index contributed by atoms with van der Waals surface area (Å²) in [5, 5.41) is 6.95. The largest absolute Gasteiger partial charge is 0.494 e. The second-order valence-corrected chi connectivity index (χ2v) is 5.73. The predicted octanol–water partition coefficient (Wildman–Crippen LogP) is 3.90. The van der Waals surface area contributed by atoms with Gasteiger partial charge in [0.1, 0.15) is 11.5 Å². The lowest BCUT2D eigenvalue weighted by molar-refractivity contribution is 0.133. The normalized spacial score (nSPS) is 10.3. The molecule has 0 amide bonds. The van der Waals surface area contributed by atoms with Crippen LogP contribution in [0, 0.1) is 6.92 Å². The zero-order valence-electron chi connectivity index (χ0n) is 15.2. The topological polar surface area (TPSA) is 51.8 Å². The highest BCUT2D eigenvalue weighted by Crippen LogP contribution is 2.32. The van der Waals surface area contributed by atoms with Crippen molar-refractivity contribution in [3.8, 4) is 11.5 Å². The Bertz CT molecular complexity index is 509. The maximum absolute atomic E-state index is 5.70. The van der Waals surface area contributed by atoms with E-state index in [4.69, 9.17) is 26.4 Å². The molecule has 0 saturated heterocycles. The molecule has 5 nitrogen and oxygen atoms in total. The fraction of sp³-hybridized carbons (Fsp3) is 0.611. The molecular formula is C18H30N2O3S. The maximum atomic E-state index is 5.70. The van der Waals surface area contributed by atoms with Crippen LogP contribution >= 0.6 is 12.2 Å². The van der Waals surface area contributed by atoms with E-state index in [1.165, 1.54) is 0 Å². The highest BCUT2D eigenvalue weighted by atomic mass is 32.1. The first-order chi connectivity index (χ1) is 11.6. The summed E-state index contributed by atoms with van der Waals surface area (Å²) < 4.78 is 16.8. The Labute approximate surface area is 151 Å². The molecule has 2 N–H and O–H groups in total. The van der Waals surface area contributed by atoms with Crippen LogP contribution in [0.2, 0.25) is 0 Å². The molecule has 1 aromatic rings. The van der Waals surface area contributed by atoms with Gasteiger partial charge in [-0.05, 0) is 57.5 Å². The number of rotatable bonds is 11. The number of hydrogen-bond donors (Lipinski definition) is 2. The van der Waals surface area contributed by atoms with Crippen molar-refractivity contribution < 1.29 is 14.2 Å². The van der Waals surface area contributed by atoms with Gasteiger partial charge in [0.25, 0.3) is 0 Å². The van der Waals surface area contributed by atoms with Gasteiger partial charge in [0.15, 0.2) is 5.11 Å². The molecule has 0 spiro atoms. The summed E-state index contributed by atoms with van der Waals surface area (Å²) in [7, 11) is 0. The van der Waals surface area contributed by atoms with Gasteiger partial charge < -0.3 is 24.8 Å². The average molecular weight is 355 g/mol. The Balaban J connectivity index is 2.60. The molecule has 1 rings (SSSR count). The predicted molar refractivity (Wildman–Crippen MR) is 103 cm³/mol. The van der Waals surface area contributed by atoms with Gasteiger partial charge in [-0.1, -0.05) is 6.92 Å². The van der Waals surface area contributed by atoms with Crippen molar-refractivity contribution >= 4 is 23.0 Å². The summed E-state index contributed by atoms with van der Waals surface area (Å²) in [6.07, 6.45) is 1.96. The molecule has 0 radical (unpaired) electrons. The number of nitrogens with one attached hydrogen (secondary N) is 2. The van der Waals surface area contributed by atoms with Gasteiger partial charge in [-0.2, -0.15) is 0 Å². The monoisotopic (exact) mass is 354 g/mol. The lowest BCUT2D eigenvalue weighted by Gasteiger charge is -2.17. The minimum absolute atomic E-state index is 0.567. The molecule has 6 heteroatoms. The molecule has 0 aromatic heterocycles. The Kier molecular flexibility index (Phi) is 10.2. The standard InChI is InChI=1S/C18H30N2O3S/c1-5-10-21-11-8-9-19-18(24)20-15-13-16(22-6-2)14(4)12-17(15)23-7-3/h12-13H,5-11H2,1-4H3,(H2,19,20,24). The quantitative estimate of drug-likeness (QED) is 0.464. The molecule has 0 heterocycles. The first kappa shape index (κ1) is 20.5. The summed E-state index contributed by atoms with van der Waals surface area (Å²) in [6, 6.07) is 3.90. The average Bonchev–Trinajstić information content (AvgIpc) is 2.55. The van der Waals surface area contributed by atoms with Crippen molar-refractivity contribution in [1.29, 1.82) is 0 Å². The van der Waals surface area contributed by atoms with Crippen LogP contribution in [-0.4, -0.2) is 38.1 Å². The van der Waals surface area contributed by atoms with E-state index < -0.39 is 0 Å². The Morgan fingerprint density at radius 1 is 1.04 bits per heavy atom. The van der Waals surface area contributed by atoms with Gasteiger partial charge in [0, 0.05) is 25.8 Å². The van der Waals surface area contributed by atoms with Crippen molar-refractivity contribution in [3.05, 3.63) is 17.7 Å². The third-order valence-corrected chi connectivity index (χ3v) is 3.47. The van der Waals surface area contributed by atoms with Gasteiger partial charge in [-0.3, -0.25) is 0 Å². The fourth-order valence-electron chi connectivity index (χ4n) is 2.13. The molecule has 1 aromatic carbocycles. The Hall–Kier alpha value is -1.53. The van der Waals surface area contributed by atoms with Crippen LogP contribution in [0.1, 0.15) is 39.2 Å². The molecule has 0 fully saturated rings. The van der Waals surface area contributed by atoms with E-state index in [0.29, 0.717) is 18.3 Å². The van der Waals surface area contributed by atoms with E-state index in [1.54, 1.807) is 0 Å². The van der Waals surface area contributed by atoms with Crippen molar-refractivity contribution in [2.45, 2.75) is 40.5 Å².